The topological polar surface area (TPSA) is 39.5 Å². The van der Waals surface area contributed by atoms with E-state index >= 15 is 0 Å². The maximum Gasteiger partial charge on any atom is 0.0829 e. The summed E-state index contributed by atoms with van der Waals surface area (Å²) in [6, 6.07) is 2.52. The second-order valence-electron chi connectivity index (χ2n) is 4.54. The molecule has 2 atom stereocenters. The van der Waals surface area contributed by atoms with E-state index in [1.807, 2.05) is 0 Å². The second-order valence-corrected chi connectivity index (χ2v) is 4.54. The van der Waals surface area contributed by atoms with Crippen LogP contribution >= 0.6 is 0 Å². The molecule has 4 nitrogen and oxygen atoms in total. The zero-order chi connectivity index (χ0) is 12.0. The molecule has 92 valence electrons. The van der Waals surface area contributed by atoms with E-state index in [4.69, 9.17) is 10.00 Å². The number of nitrogens with zero attached hydrogens (tertiary/aromatic N) is 3. The lowest BCUT2D eigenvalue weighted by Gasteiger charge is -2.35. The lowest BCUT2D eigenvalue weighted by Crippen LogP contribution is -2.48. The molecule has 0 saturated carbocycles. The highest BCUT2D eigenvalue weighted by atomic mass is 16.5. The van der Waals surface area contributed by atoms with Gasteiger partial charge in [0, 0.05) is 25.7 Å². The van der Waals surface area contributed by atoms with Gasteiger partial charge in [-0.25, -0.2) is 0 Å². The highest BCUT2D eigenvalue weighted by molar-refractivity contribution is 4.81. The highest BCUT2D eigenvalue weighted by Gasteiger charge is 2.22. The normalized spacial score (nSPS) is 24.3. The summed E-state index contributed by atoms with van der Waals surface area (Å²) in [4.78, 5) is 4.63. The lowest BCUT2D eigenvalue weighted by molar-refractivity contribution is -0.0424. The summed E-state index contributed by atoms with van der Waals surface area (Å²) in [5.41, 5.74) is 0. The molecule has 16 heavy (non-hydrogen) atoms. The number of nitriles is 1. The Morgan fingerprint density at radius 3 is 3.00 bits per heavy atom. The van der Waals surface area contributed by atoms with E-state index in [9.17, 15) is 0 Å². The van der Waals surface area contributed by atoms with Crippen LogP contribution in [0.5, 0.6) is 0 Å². The Balaban J connectivity index is 2.33. The van der Waals surface area contributed by atoms with Crippen LogP contribution in [-0.4, -0.2) is 61.8 Å². The average Bonchev–Trinajstić information content (AvgIpc) is 2.29. The SMILES string of the molecule is CCN1CCOC(CN(C)C(C)CC#N)C1. The van der Waals surface area contributed by atoms with Crippen LogP contribution in [0.25, 0.3) is 0 Å². The predicted molar refractivity (Wildman–Crippen MR) is 64.2 cm³/mol. The third-order valence-corrected chi connectivity index (χ3v) is 3.30. The highest BCUT2D eigenvalue weighted by Crippen LogP contribution is 2.08. The van der Waals surface area contributed by atoms with Crippen LogP contribution in [0, 0.1) is 11.3 Å². The van der Waals surface area contributed by atoms with Gasteiger partial charge in [0.05, 0.1) is 25.2 Å². The third kappa shape index (κ3) is 4.09. The molecule has 0 amide bonds. The molecule has 0 aromatic carbocycles. The Kier molecular flexibility index (Phi) is 5.75. The van der Waals surface area contributed by atoms with Gasteiger partial charge in [0.2, 0.25) is 0 Å². The van der Waals surface area contributed by atoms with Crippen LogP contribution in [0.1, 0.15) is 20.3 Å². The number of morpholine rings is 1. The van der Waals surface area contributed by atoms with Gasteiger partial charge in [-0.3, -0.25) is 4.90 Å². The van der Waals surface area contributed by atoms with Crippen molar-refractivity contribution in [3.63, 3.8) is 0 Å². The Bertz CT molecular complexity index is 239. The molecule has 1 saturated heterocycles. The second kappa shape index (κ2) is 6.85. The molecular weight excluding hydrogens is 202 g/mol. The molecule has 0 radical (unpaired) electrons. The van der Waals surface area contributed by atoms with E-state index < -0.39 is 0 Å². The standard InChI is InChI=1S/C12H23N3O/c1-4-15-7-8-16-12(10-15)9-14(3)11(2)5-6-13/h11-12H,4-5,7-10H2,1-3H3. The zero-order valence-corrected chi connectivity index (χ0v) is 10.6. The van der Waals surface area contributed by atoms with Crippen molar-refractivity contribution in [3.05, 3.63) is 0 Å². The maximum atomic E-state index is 8.66. The van der Waals surface area contributed by atoms with Crippen molar-refractivity contribution in [2.45, 2.75) is 32.4 Å². The molecule has 4 heteroatoms. The molecule has 1 fully saturated rings. The summed E-state index contributed by atoms with van der Waals surface area (Å²) < 4.78 is 5.74. The monoisotopic (exact) mass is 225 g/mol. The summed E-state index contributed by atoms with van der Waals surface area (Å²) >= 11 is 0. The molecule has 0 spiro atoms. The molecule has 0 aromatic heterocycles. The van der Waals surface area contributed by atoms with Crippen LogP contribution in [0.2, 0.25) is 0 Å². The molecule has 0 bridgehead atoms. The van der Waals surface area contributed by atoms with Crippen molar-refractivity contribution in [2.24, 2.45) is 0 Å². The van der Waals surface area contributed by atoms with E-state index in [0.717, 1.165) is 32.8 Å². The Hall–Kier alpha value is -0.630. The van der Waals surface area contributed by atoms with Crippen molar-refractivity contribution < 1.29 is 4.74 Å². The predicted octanol–water partition coefficient (Wildman–Crippen LogP) is 0.941. The first-order valence-electron chi connectivity index (χ1n) is 6.08. The maximum absolute atomic E-state index is 8.66. The van der Waals surface area contributed by atoms with Gasteiger partial charge in [0.15, 0.2) is 0 Å². The van der Waals surface area contributed by atoms with Crippen LogP contribution in [0.4, 0.5) is 0 Å². The molecule has 2 unspecified atom stereocenters. The first-order chi connectivity index (χ1) is 7.67. The van der Waals surface area contributed by atoms with Gasteiger partial charge >= 0.3 is 0 Å². The molecule has 1 aliphatic heterocycles. The van der Waals surface area contributed by atoms with Crippen molar-refractivity contribution in [1.29, 1.82) is 5.26 Å². The smallest absolute Gasteiger partial charge is 0.0829 e. The minimum Gasteiger partial charge on any atom is -0.374 e. The quantitative estimate of drug-likeness (QED) is 0.698. The van der Waals surface area contributed by atoms with E-state index in [1.165, 1.54) is 0 Å². The largest absolute Gasteiger partial charge is 0.374 e. The summed E-state index contributed by atoms with van der Waals surface area (Å²) in [7, 11) is 2.07. The molecule has 1 heterocycles. The van der Waals surface area contributed by atoms with Crippen LogP contribution in [0.15, 0.2) is 0 Å². The van der Waals surface area contributed by atoms with Gasteiger partial charge in [-0.2, -0.15) is 5.26 Å². The number of ether oxygens (including phenoxy) is 1. The number of hydrogen-bond donors (Lipinski definition) is 0. The number of likely N-dealkylation sites (N-methyl/N-ethyl adjacent to an activating group) is 2. The molecular formula is C12H23N3O. The number of hydrogen-bond acceptors (Lipinski definition) is 4. The average molecular weight is 225 g/mol. The van der Waals surface area contributed by atoms with E-state index in [2.05, 4.69) is 36.8 Å². The summed E-state index contributed by atoms with van der Waals surface area (Å²) in [6.45, 7) is 9.17. The minimum absolute atomic E-state index is 0.292. The Morgan fingerprint density at radius 1 is 1.62 bits per heavy atom. The van der Waals surface area contributed by atoms with Gasteiger partial charge < -0.3 is 9.64 Å². The van der Waals surface area contributed by atoms with Gasteiger partial charge in [0.1, 0.15) is 0 Å². The number of rotatable bonds is 5. The molecule has 0 aliphatic carbocycles. The van der Waals surface area contributed by atoms with E-state index in [1.54, 1.807) is 0 Å². The van der Waals surface area contributed by atoms with Gasteiger partial charge in [-0.05, 0) is 20.5 Å². The molecule has 1 aliphatic rings. The third-order valence-electron chi connectivity index (χ3n) is 3.30. The van der Waals surface area contributed by atoms with Gasteiger partial charge in [-0.1, -0.05) is 6.92 Å². The summed E-state index contributed by atoms with van der Waals surface area (Å²) in [5.74, 6) is 0. The van der Waals surface area contributed by atoms with Crippen LogP contribution in [0.3, 0.4) is 0 Å². The fourth-order valence-electron chi connectivity index (χ4n) is 1.97. The first-order valence-corrected chi connectivity index (χ1v) is 6.08. The van der Waals surface area contributed by atoms with Crippen molar-refractivity contribution in [3.8, 4) is 6.07 Å². The van der Waals surface area contributed by atoms with Crippen molar-refractivity contribution in [2.75, 3.05) is 39.8 Å². The molecule has 0 aromatic rings. The fourth-order valence-corrected chi connectivity index (χ4v) is 1.97. The molecule has 0 N–H and O–H groups in total. The summed E-state index contributed by atoms with van der Waals surface area (Å²) in [5, 5.41) is 8.66. The summed E-state index contributed by atoms with van der Waals surface area (Å²) in [6.07, 6.45) is 0.876. The molecule has 1 rings (SSSR count). The zero-order valence-electron chi connectivity index (χ0n) is 10.6. The van der Waals surface area contributed by atoms with Gasteiger partial charge in [-0.15, -0.1) is 0 Å². The van der Waals surface area contributed by atoms with Crippen molar-refractivity contribution in [1.82, 2.24) is 9.80 Å². The fraction of sp³-hybridized carbons (Fsp3) is 0.917. The van der Waals surface area contributed by atoms with Crippen LogP contribution in [-0.2, 0) is 4.74 Å². The first kappa shape index (κ1) is 13.4. The van der Waals surface area contributed by atoms with E-state index in [0.29, 0.717) is 18.6 Å². The Labute approximate surface area is 98.8 Å². The van der Waals surface area contributed by atoms with Crippen molar-refractivity contribution >= 4 is 0 Å². The van der Waals surface area contributed by atoms with Gasteiger partial charge in [0.25, 0.3) is 0 Å². The Morgan fingerprint density at radius 2 is 2.38 bits per heavy atom. The lowest BCUT2D eigenvalue weighted by atomic mass is 10.2. The van der Waals surface area contributed by atoms with Crippen LogP contribution < -0.4 is 0 Å². The van der Waals surface area contributed by atoms with E-state index in [-0.39, 0.29) is 0 Å². The minimum atomic E-state index is 0.292.